The van der Waals surface area contributed by atoms with Gasteiger partial charge in [-0.25, -0.2) is 9.48 Å². The van der Waals surface area contributed by atoms with Gasteiger partial charge in [-0.3, -0.25) is 0 Å². The second-order valence-corrected chi connectivity index (χ2v) is 6.45. The van der Waals surface area contributed by atoms with Crippen molar-refractivity contribution in [2.75, 3.05) is 13.2 Å². The average molecular weight is 376 g/mol. The SMILES string of the molecule is Cc1ccccc1OCCOC(=O)/C=C/c1c(C)nn(-c2ccccc2)c1C. The minimum absolute atomic E-state index is 0.193. The third kappa shape index (κ3) is 4.68. The van der Waals surface area contributed by atoms with Crippen LogP contribution in [-0.2, 0) is 9.53 Å². The summed E-state index contributed by atoms with van der Waals surface area (Å²) >= 11 is 0. The molecular weight excluding hydrogens is 352 g/mol. The highest BCUT2D eigenvalue weighted by molar-refractivity contribution is 5.87. The topological polar surface area (TPSA) is 53.4 Å². The predicted octanol–water partition coefficient (Wildman–Crippen LogP) is 4.43. The predicted molar refractivity (Wildman–Crippen MR) is 110 cm³/mol. The van der Waals surface area contributed by atoms with Crippen LogP contribution in [-0.4, -0.2) is 29.0 Å². The highest BCUT2D eigenvalue weighted by Crippen LogP contribution is 2.19. The van der Waals surface area contributed by atoms with Crippen molar-refractivity contribution < 1.29 is 14.3 Å². The number of hydrogen-bond donors (Lipinski definition) is 0. The van der Waals surface area contributed by atoms with Gasteiger partial charge in [-0.15, -0.1) is 0 Å². The van der Waals surface area contributed by atoms with Gasteiger partial charge in [0.2, 0.25) is 0 Å². The quantitative estimate of drug-likeness (QED) is 0.348. The number of para-hydroxylation sites is 2. The van der Waals surface area contributed by atoms with Crippen molar-refractivity contribution in [3.8, 4) is 11.4 Å². The molecule has 144 valence electrons. The molecule has 0 saturated heterocycles. The Morgan fingerprint density at radius 1 is 1.00 bits per heavy atom. The molecule has 5 nitrogen and oxygen atoms in total. The Bertz CT molecular complexity index is 975. The highest BCUT2D eigenvalue weighted by Gasteiger charge is 2.11. The molecule has 0 unspecified atom stereocenters. The molecule has 3 aromatic rings. The van der Waals surface area contributed by atoms with Gasteiger partial charge in [-0.2, -0.15) is 5.10 Å². The molecule has 0 aliphatic rings. The number of ether oxygens (including phenoxy) is 2. The van der Waals surface area contributed by atoms with Crippen molar-refractivity contribution >= 4 is 12.0 Å². The number of carbonyl (C=O) groups excluding carboxylic acids is 1. The number of carbonyl (C=O) groups is 1. The van der Waals surface area contributed by atoms with Crippen molar-refractivity contribution in [2.45, 2.75) is 20.8 Å². The average Bonchev–Trinajstić information content (AvgIpc) is 2.99. The second-order valence-electron chi connectivity index (χ2n) is 6.45. The van der Waals surface area contributed by atoms with Crippen LogP contribution in [0.5, 0.6) is 5.75 Å². The number of hydrogen-bond acceptors (Lipinski definition) is 4. The number of benzene rings is 2. The Labute approximate surface area is 165 Å². The van der Waals surface area contributed by atoms with E-state index in [2.05, 4.69) is 5.10 Å². The Morgan fingerprint density at radius 2 is 1.71 bits per heavy atom. The van der Waals surface area contributed by atoms with E-state index in [4.69, 9.17) is 9.47 Å². The molecule has 3 rings (SSSR count). The Balaban J connectivity index is 1.56. The summed E-state index contributed by atoms with van der Waals surface area (Å²) < 4.78 is 12.7. The molecule has 0 fully saturated rings. The van der Waals surface area contributed by atoms with Crippen molar-refractivity contribution in [3.05, 3.63) is 83.2 Å². The molecule has 0 N–H and O–H groups in total. The molecule has 0 saturated carbocycles. The minimum atomic E-state index is -0.403. The lowest BCUT2D eigenvalue weighted by Crippen LogP contribution is -2.10. The zero-order valence-corrected chi connectivity index (χ0v) is 16.4. The molecular formula is C23H24N2O3. The second kappa shape index (κ2) is 9.04. The van der Waals surface area contributed by atoms with Crippen LogP contribution in [0.2, 0.25) is 0 Å². The van der Waals surface area contributed by atoms with Crippen molar-refractivity contribution in [2.24, 2.45) is 0 Å². The standard InChI is InChI=1S/C23H24N2O3/c1-17-9-7-8-12-22(17)27-15-16-28-23(26)14-13-21-18(2)24-25(19(21)3)20-10-5-4-6-11-20/h4-14H,15-16H2,1-3H3/b14-13+. The molecule has 2 aromatic carbocycles. The van der Waals surface area contributed by atoms with E-state index >= 15 is 0 Å². The largest absolute Gasteiger partial charge is 0.490 e. The van der Waals surface area contributed by atoms with Crippen LogP contribution < -0.4 is 4.74 Å². The maximum atomic E-state index is 12.0. The summed E-state index contributed by atoms with van der Waals surface area (Å²) in [7, 11) is 0. The molecule has 0 aliphatic heterocycles. The third-order valence-corrected chi connectivity index (χ3v) is 4.41. The number of aromatic nitrogens is 2. The van der Waals surface area contributed by atoms with Crippen LogP contribution in [0.3, 0.4) is 0 Å². The Hall–Kier alpha value is -3.34. The van der Waals surface area contributed by atoms with Crippen molar-refractivity contribution in [1.82, 2.24) is 9.78 Å². The summed E-state index contributed by atoms with van der Waals surface area (Å²) in [5.74, 6) is 0.397. The lowest BCUT2D eigenvalue weighted by molar-refractivity contribution is -0.138. The monoisotopic (exact) mass is 376 g/mol. The number of esters is 1. The molecule has 0 radical (unpaired) electrons. The molecule has 28 heavy (non-hydrogen) atoms. The van der Waals surface area contributed by atoms with Gasteiger partial charge in [-0.05, 0) is 50.6 Å². The highest BCUT2D eigenvalue weighted by atomic mass is 16.6. The minimum Gasteiger partial charge on any atom is -0.490 e. The fourth-order valence-corrected chi connectivity index (χ4v) is 2.93. The Morgan fingerprint density at radius 3 is 2.46 bits per heavy atom. The summed E-state index contributed by atoms with van der Waals surface area (Å²) in [5, 5.41) is 4.57. The van der Waals surface area contributed by atoms with Gasteiger partial charge >= 0.3 is 5.97 Å². The van der Waals surface area contributed by atoms with Crippen molar-refractivity contribution in [3.63, 3.8) is 0 Å². The Kier molecular flexibility index (Phi) is 6.27. The maximum Gasteiger partial charge on any atom is 0.330 e. The molecule has 1 aromatic heterocycles. The smallest absolute Gasteiger partial charge is 0.330 e. The molecule has 0 aliphatic carbocycles. The third-order valence-electron chi connectivity index (χ3n) is 4.41. The van der Waals surface area contributed by atoms with Gasteiger partial charge in [0.1, 0.15) is 19.0 Å². The molecule has 0 bridgehead atoms. The van der Waals surface area contributed by atoms with Gasteiger partial charge < -0.3 is 9.47 Å². The van der Waals surface area contributed by atoms with Gasteiger partial charge in [0.25, 0.3) is 0 Å². The summed E-state index contributed by atoms with van der Waals surface area (Å²) in [6, 6.07) is 17.6. The first-order valence-electron chi connectivity index (χ1n) is 9.21. The lowest BCUT2D eigenvalue weighted by atomic mass is 10.2. The van der Waals surface area contributed by atoms with Gasteiger partial charge in [0, 0.05) is 17.3 Å². The first-order valence-corrected chi connectivity index (χ1v) is 9.21. The summed E-state index contributed by atoms with van der Waals surface area (Å²) in [6.07, 6.45) is 3.18. The fraction of sp³-hybridized carbons (Fsp3) is 0.217. The number of aryl methyl sites for hydroxylation is 2. The zero-order chi connectivity index (χ0) is 19.9. The van der Waals surface area contributed by atoms with Gasteiger partial charge in [0.05, 0.1) is 11.4 Å². The van der Waals surface area contributed by atoms with Gasteiger partial charge in [-0.1, -0.05) is 36.4 Å². The summed E-state index contributed by atoms with van der Waals surface area (Å²) in [6.45, 7) is 6.39. The van der Waals surface area contributed by atoms with Crippen LogP contribution in [0.1, 0.15) is 22.5 Å². The van der Waals surface area contributed by atoms with E-state index in [-0.39, 0.29) is 6.61 Å². The van der Waals surface area contributed by atoms with Crippen LogP contribution in [0.4, 0.5) is 0 Å². The normalized spacial score (nSPS) is 11.0. The van der Waals surface area contributed by atoms with Crippen LogP contribution in [0, 0.1) is 20.8 Å². The summed E-state index contributed by atoms with van der Waals surface area (Å²) in [5.41, 5.74) is 4.77. The fourth-order valence-electron chi connectivity index (χ4n) is 2.93. The van der Waals surface area contributed by atoms with E-state index in [0.717, 1.165) is 34.0 Å². The van der Waals surface area contributed by atoms with E-state index in [0.29, 0.717) is 6.61 Å². The molecule has 0 atom stereocenters. The molecule has 0 spiro atoms. The zero-order valence-electron chi connectivity index (χ0n) is 16.4. The van der Waals surface area contributed by atoms with E-state index in [1.807, 2.05) is 80.1 Å². The molecule has 5 heteroatoms. The maximum absolute atomic E-state index is 12.0. The molecule has 0 amide bonds. The first-order chi connectivity index (χ1) is 13.6. The van der Waals surface area contributed by atoms with Crippen LogP contribution in [0.15, 0.2) is 60.7 Å². The van der Waals surface area contributed by atoms with Crippen molar-refractivity contribution in [1.29, 1.82) is 0 Å². The first kappa shape index (κ1) is 19.4. The van der Waals surface area contributed by atoms with E-state index in [9.17, 15) is 4.79 Å². The van der Waals surface area contributed by atoms with E-state index in [1.165, 1.54) is 6.08 Å². The lowest BCUT2D eigenvalue weighted by Gasteiger charge is -2.08. The van der Waals surface area contributed by atoms with E-state index < -0.39 is 5.97 Å². The van der Waals surface area contributed by atoms with Crippen LogP contribution in [0.25, 0.3) is 11.8 Å². The number of nitrogens with zero attached hydrogens (tertiary/aromatic N) is 2. The van der Waals surface area contributed by atoms with E-state index in [1.54, 1.807) is 6.08 Å². The number of rotatable bonds is 7. The van der Waals surface area contributed by atoms with Crippen LogP contribution >= 0.6 is 0 Å². The summed E-state index contributed by atoms with van der Waals surface area (Å²) in [4.78, 5) is 12.0. The molecule has 1 heterocycles. The van der Waals surface area contributed by atoms with Gasteiger partial charge in [0.15, 0.2) is 0 Å².